The molecule has 0 aliphatic carbocycles. The van der Waals surface area contributed by atoms with Crippen LogP contribution in [-0.2, 0) is 11.2 Å². The molecule has 1 unspecified atom stereocenters. The number of amides is 2. The van der Waals surface area contributed by atoms with Crippen molar-refractivity contribution in [3.8, 4) is 5.75 Å². The molecule has 0 aromatic heterocycles. The number of hydrogen-bond donors (Lipinski definition) is 2. The minimum Gasteiger partial charge on any atom is -0.484 e. The average molecular weight is 391 g/mol. The molecule has 2 aromatic rings. The van der Waals surface area contributed by atoms with Crippen molar-refractivity contribution in [3.05, 3.63) is 64.1 Å². The van der Waals surface area contributed by atoms with Gasteiger partial charge in [0.1, 0.15) is 5.75 Å². The first kappa shape index (κ1) is 18.0. The second kappa shape index (κ2) is 8.49. The van der Waals surface area contributed by atoms with Gasteiger partial charge in [0.25, 0.3) is 5.91 Å². The van der Waals surface area contributed by atoms with E-state index in [1.807, 2.05) is 31.2 Å². The van der Waals surface area contributed by atoms with Crippen molar-refractivity contribution in [1.82, 2.24) is 5.32 Å². The molecule has 24 heavy (non-hydrogen) atoms. The number of nitrogens with two attached hydrogens (primary N) is 1. The van der Waals surface area contributed by atoms with E-state index in [4.69, 9.17) is 10.5 Å². The Kier molecular flexibility index (Phi) is 6.37. The molecule has 126 valence electrons. The Balaban J connectivity index is 1.77. The molecular weight excluding hydrogens is 372 g/mol. The van der Waals surface area contributed by atoms with Crippen LogP contribution >= 0.6 is 15.9 Å². The monoisotopic (exact) mass is 390 g/mol. The van der Waals surface area contributed by atoms with Crippen molar-refractivity contribution in [2.24, 2.45) is 5.73 Å². The molecule has 2 rings (SSSR count). The van der Waals surface area contributed by atoms with Gasteiger partial charge in [0.2, 0.25) is 5.91 Å². The summed E-state index contributed by atoms with van der Waals surface area (Å²) in [4.78, 5) is 22.9. The Bertz CT molecular complexity index is 699. The van der Waals surface area contributed by atoms with Crippen molar-refractivity contribution < 1.29 is 14.3 Å². The first-order chi connectivity index (χ1) is 11.4. The molecule has 0 bridgehead atoms. The van der Waals surface area contributed by atoms with E-state index in [-0.39, 0.29) is 18.6 Å². The summed E-state index contributed by atoms with van der Waals surface area (Å²) in [5.74, 6) is -0.185. The SMILES string of the molecule is CC(Cc1ccc(Br)cc1)NC(=O)COc1ccc(C(N)=O)cc1. The first-order valence-corrected chi connectivity index (χ1v) is 8.30. The summed E-state index contributed by atoms with van der Waals surface area (Å²) in [6.45, 7) is 1.86. The normalized spacial score (nSPS) is 11.6. The quantitative estimate of drug-likeness (QED) is 0.762. The molecule has 0 saturated carbocycles. The summed E-state index contributed by atoms with van der Waals surface area (Å²) in [6.07, 6.45) is 0.742. The highest BCUT2D eigenvalue weighted by atomic mass is 79.9. The minimum atomic E-state index is -0.499. The van der Waals surface area contributed by atoms with E-state index in [0.29, 0.717) is 11.3 Å². The fourth-order valence-electron chi connectivity index (χ4n) is 2.21. The van der Waals surface area contributed by atoms with Crippen LogP contribution in [-0.4, -0.2) is 24.5 Å². The number of nitrogens with one attached hydrogen (secondary N) is 1. The van der Waals surface area contributed by atoms with Gasteiger partial charge in [-0.2, -0.15) is 0 Å². The molecule has 0 aliphatic heterocycles. The van der Waals surface area contributed by atoms with Crippen LogP contribution in [0.3, 0.4) is 0 Å². The van der Waals surface area contributed by atoms with E-state index in [1.54, 1.807) is 24.3 Å². The third-order valence-electron chi connectivity index (χ3n) is 3.37. The van der Waals surface area contributed by atoms with Crippen molar-refractivity contribution in [2.75, 3.05) is 6.61 Å². The fraction of sp³-hybridized carbons (Fsp3) is 0.222. The van der Waals surface area contributed by atoms with Gasteiger partial charge in [-0.25, -0.2) is 0 Å². The van der Waals surface area contributed by atoms with Gasteiger partial charge in [-0.3, -0.25) is 9.59 Å². The van der Waals surface area contributed by atoms with Crippen molar-refractivity contribution >= 4 is 27.7 Å². The van der Waals surface area contributed by atoms with Gasteiger partial charge in [0.05, 0.1) is 0 Å². The van der Waals surface area contributed by atoms with Crippen LogP contribution in [0.15, 0.2) is 53.0 Å². The maximum atomic E-state index is 11.9. The summed E-state index contributed by atoms with van der Waals surface area (Å²) in [5.41, 5.74) is 6.71. The summed E-state index contributed by atoms with van der Waals surface area (Å²) < 4.78 is 6.43. The zero-order chi connectivity index (χ0) is 17.5. The van der Waals surface area contributed by atoms with Crippen LogP contribution in [0.2, 0.25) is 0 Å². The molecule has 5 nitrogen and oxygen atoms in total. The van der Waals surface area contributed by atoms with Crippen LogP contribution in [0, 0.1) is 0 Å². The number of ether oxygens (including phenoxy) is 1. The van der Waals surface area contributed by atoms with Crippen LogP contribution in [0.5, 0.6) is 5.75 Å². The van der Waals surface area contributed by atoms with Crippen LogP contribution < -0.4 is 15.8 Å². The van der Waals surface area contributed by atoms with Gasteiger partial charge in [-0.05, 0) is 55.3 Å². The maximum Gasteiger partial charge on any atom is 0.258 e. The van der Waals surface area contributed by atoms with E-state index >= 15 is 0 Å². The number of rotatable bonds is 7. The number of hydrogen-bond acceptors (Lipinski definition) is 3. The largest absolute Gasteiger partial charge is 0.484 e. The van der Waals surface area contributed by atoms with Gasteiger partial charge < -0.3 is 15.8 Å². The molecule has 0 heterocycles. The standard InChI is InChI=1S/C18H19BrN2O3/c1-12(10-13-2-6-15(19)7-3-13)21-17(22)11-24-16-8-4-14(5-9-16)18(20)23/h2-9,12H,10-11H2,1H3,(H2,20,23)(H,21,22). The highest BCUT2D eigenvalue weighted by Crippen LogP contribution is 2.13. The zero-order valence-corrected chi connectivity index (χ0v) is 14.9. The minimum absolute atomic E-state index is 0.000451. The van der Waals surface area contributed by atoms with Gasteiger partial charge in [-0.15, -0.1) is 0 Å². The van der Waals surface area contributed by atoms with Crippen molar-refractivity contribution in [2.45, 2.75) is 19.4 Å². The first-order valence-electron chi connectivity index (χ1n) is 7.50. The number of halogens is 1. The topological polar surface area (TPSA) is 81.4 Å². The highest BCUT2D eigenvalue weighted by Gasteiger charge is 2.09. The lowest BCUT2D eigenvalue weighted by molar-refractivity contribution is -0.123. The van der Waals surface area contributed by atoms with Crippen LogP contribution in [0.25, 0.3) is 0 Å². The summed E-state index contributed by atoms with van der Waals surface area (Å²) in [5, 5.41) is 2.89. The Hall–Kier alpha value is -2.34. The van der Waals surface area contributed by atoms with E-state index in [1.165, 1.54) is 0 Å². The van der Waals surface area contributed by atoms with E-state index < -0.39 is 5.91 Å². The smallest absolute Gasteiger partial charge is 0.258 e. The predicted octanol–water partition coefficient (Wildman–Crippen LogP) is 2.67. The number of benzene rings is 2. The number of carbonyl (C=O) groups excluding carboxylic acids is 2. The van der Waals surface area contributed by atoms with Crippen LogP contribution in [0.4, 0.5) is 0 Å². The lowest BCUT2D eigenvalue weighted by atomic mass is 10.1. The average Bonchev–Trinajstić information content (AvgIpc) is 2.55. The highest BCUT2D eigenvalue weighted by molar-refractivity contribution is 9.10. The fourth-order valence-corrected chi connectivity index (χ4v) is 2.47. The van der Waals surface area contributed by atoms with Gasteiger partial charge in [0, 0.05) is 16.1 Å². The molecule has 3 N–H and O–H groups in total. The predicted molar refractivity (Wildman–Crippen MR) is 95.9 cm³/mol. The molecule has 2 amide bonds. The molecule has 0 radical (unpaired) electrons. The molecule has 0 aliphatic rings. The molecule has 0 fully saturated rings. The molecule has 0 spiro atoms. The summed E-state index contributed by atoms with van der Waals surface area (Å²) in [7, 11) is 0. The van der Waals surface area contributed by atoms with E-state index in [0.717, 1.165) is 16.5 Å². The van der Waals surface area contributed by atoms with E-state index in [9.17, 15) is 9.59 Å². The van der Waals surface area contributed by atoms with Gasteiger partial charge in [0.15, 0.2) is 6.61 Å². The van der Waals surface area contributed by atoms with Crippen LogP contribution in [0.1, 0.15) is 22.8 Å². The zero-order valence-electron chi connectivity index (χ0n) is 13.3. The van der Waals surface area contributed by atoms with Crippen molar-refractivity contribution in [3.63, 3.8) is 0 Å². The third-order valence-corrected chi connectivity index (χ3v) is 3.90. The van der Waals surface area contributed by atoms with E-state index in [2.05, 4.69) is 21.2 Å². The van der Waals surface area contributed by atoms with Crippen molar-refractivity contribution in [1.29, 1.82) is 0 Å². The molecule has 1 atom stereocenters. The Labute approximate surface area is 149 Å². The molecule has 6 heteroatoms. The second-order valence-corrected chi connectivity index (χ2v) is 6.39. The van der Waals surface area contributed by atoms with Gasteiger partial charge in [-0.1, -0.05) is 28.1 Å². The molecule has 0 saturated heterocycles. The summed E-state index contributed by atoms with van der Waals surface area (Å²) >= 11 is 3.40. The Morgan fingerprint density at radius 2 is 1.75 bits per heavy atom. The molecule has 2 aromatic carbocycles. The third kappa shape index (κ3) is 5.70. The number of primary amides is 1. The summed E-state index contributed by atoms with van der Waals surface area (Å²) in [6, 6.07) is 14.3. The molecular formula is C18H19BrN2O3. The maximum absolute atomic E-state index is 11.9. The Morgan fingerprint density at radius 1 is 1.12 bits per heavy atom. The van der Waals surface area contributed by atoms with Gasteiger partial charge >= 0.3 is 0 Å². The number of carbonyl (C=O) groups is 2. The Morgan fingerprint density at radius 3 is 2.33 bits per heavy atom. The lowest BCUT2D eigenvalue weighted by Crippen LogP contribution is -2.37. The lowest BCUT2D eigenvalue weighted by Gasteiger charge is -2.14. The second-order valence-electron chi connectivity index (χ2n) is 5.48.